The fraction of sp³-hybridized carbons (Fsp3) is 0. The van der Waals surface area contributed by atoms with Crippen molar-refractivity contribution in [2.45, 2.75) is 0 Å². The molecule has 0 bridgehead atoms. The molecule has 7 nitrogen and oxygen atoms in total. The van der Waals surface area contributed by atoms with Gasteiger partial charge in [-0.2, -0.15) is 5.26 Å². The Morgan fingerprint density at radius 2 is 0.391 bits per heavy atom. The zero-order chi connectivity index (χ0) is 90.2. The van der Waals surface area contributed by atoms with Gasteiger partial charge in [-0.15, -0.1) is 0 Å². The average Bonchev–Trinajstić information content (AvgIpc) is 1.53. The summed E-state index contributed by atoms with van der Waals surface area (Å²) >= 11 is 0. The Labute approximate surface area is 795 Å². The van der Waals surface area contributed by atoms with Gasteiger partial charge in [0.2, 0.25) is 26.9 Å². The van der Waals surface area contributed by atoms with E-state index in [0.717, 1.165) is 28.4 Å². The first kappa shape index (κ1) is 76.7. The molecule has 0 N–H and O–H groups in total. The van der Waals surface area contributed by atoms with E-state index >= 15 is 0 Å². The van der Waals surface area contributed by atoms with E-state index < -0.39 is 0 Å². The molecule has 0 spiro atoms. The van der Waals surface area contributed by atoms with E-state index in [2.05, 4.69) is 488 Å². The number of aromatic nitrogens is 4. The zero-order valence-electron chi connectivity index (χ0n) is 74.9. The van der Waals surface area contributed by atoms with E-state index in [1.54, 1.807) is 0 Å². The predicted octanol–water partition coefficient (Wildman–Crippen LogP) is 23.1. The predicted molar refractivity (Wildman–Crippen MR) is 588 cm³/mol. The fourth-order valence-corrected chi connectivity index (χ4v) is 25.6. The van der Waals surface area contributed by atoms with Crippen molar-refractivity contribution in [2.75, 3.05) is 9.80 Å². The van der Waals surface area contributed by atoms with Crippen LogP contribution in [0.5, 0.6) is 0 Å². The van der Waals surface area contributed by atoms with Gasteiger partial charge < -0.3 is 27.4 Å². The summed E-state index contributed by atoms with van der Waals surface area (Å²) in [5, 5.41) is 30.7. The van der Waals surface area contributed by atoms with Crippen LogP contribution in [-0.4, -0.2) is 44.5 Å². The summed E-state index contributed by atoms with van der Waals surface area (Å²) in [6.45, 7) is 0.734. The van der Waals surface area contributed by atoms with E-state index in [0.29, 0.717) is 5.56 Å². The molecule has 632 valence electrons. The van der Waals surface area contributed by atoms with Gasteiger partial charge in [0.15, 0.2) is 0 Å². The monoisotopic (exact) mass is 1740 g/mol. The number of para-hydroxylation sites is 16. The van der Waals surface area contributed by atoms with Gasteiger partial charge in [0, 0.05) is 164 Å². The van der Waals surface area contributed by atoms with Crippen LogP contribution in [0, 0.1) is 11.3 Å². The Balaban J connectivity index is 0.0000000876. The minimum Gasteiger partial charge on any atom is -0.311 e. The summed E-state index contributed by atoms with van der Waals surface area (Å²) in [7, 11) is 0. The van der Waals surface area contributed by atoms with E-state index in [9.17, 15) is 5.26 Å². The summed E-state index contributed by atoms with van der Waals surface area (Å²) < 4.78 is 10.1. The van der Waals surface area contributed by atoms with Crippen LogP contribution in [0.15, 0.2) is 467 Å². The lowest BCUT2D eigenvalue weighted by molar-refractivity contribution is 1.28. The van der Waals surface area contributed by atoms with Crippen LogP contribution in [-0.2, 0) is 0 Å². The Bertz CT molecular complexity index is 9640. The molecule has 0 radical (unpaired) electrons. The van der Waals surface area contributed by atoms with Crippen molar-refractivity contribution in [1.82, 2.24) is 17.6 Å². The van der Waals surface area contributed by atoms with E-state index in [1.807, 2.05) is 12.1 Å². The highest BCUT2D eigenvalue weighted by molar-refractivity contribution is 7.01. The van der Waals surface area contributed by atoms with E-state index in [4.69, 9.17) is 0 Å². The molecule has 4 aliphatic rings. The Kier molecular flexibility index (Phi) is 16.4. The molecule has 0 amide bonds. The van der Waals surface area contributed by atoms with Gasteiger partial charge in [0.1, 0.15) is 0 Å². The number of benzene rings is 21. The van der Waals surface area contributed by atoms with Gasteiger partial charge in [-0.3, -0.25) is 0 Å². The number of anilines is 6. The molecule has 11 heteroatoms. The maximum absolute atomic E-state index is 9.19. The van der Waals surface area contributed by atoms with Crippen LogP contribution in [0.4, 0.5) is 34.1 Å². The topological polar surface area (TPSA) is 47.9 Å². The highest BCUT2D eigenvalue weighted by Gasteiger charge is 2.41. The van der Waals surface area contributed by atoms with Crippen molar-refractivity contribution in [2.24, 2.45) is 0 Å². The quantitative estimate of drug-likeness (QED) is 0.121. The number of hydrogen-bond donors (Lipinski definition) is 0. The van der Waals surface area contributed by atoms with Gasteiger partial charge in [-0.25, -0.2) is 0 Å². The number of rotatable bonds is 11. The van der Waals surface area contributed by atoms with Gasteiger partial charge in [0.25, 0.3) is 0 Å². The van der Waals surface area contributed by atoms with Crippen LogP contribution in [0.2, 0.25) is 0 Å². The summed E-state index contributed by atoms with van der Waals surface area (Å²) in [6, 6.07) is 172. The van der Waals surface area contributed by atoms with Crippen molar-refractivity contribution >= 4 is 279 Å². The molecule has 0 saturated carbocycles. The smallest absolute Gasteiger partial charge is 0.249 e. The van der Waals surface area contributed by atoms with Crippen molar-refractivity contribution in [3.8, 4) is 17.2 Å². The SMILES string of the molecule is N#Cc1ccc(B2c3cccc4c5cccc6c7cccc2c7n(c34)c56)cc1.c1ccc(B2c3cccc4c5cc(-c6ccccc6)cc6c7cccc2c7n(c34)c56)cc1.c1ccc(N(c2ccccc2)c2ccc(B3c4cccc5c6cccc7c8cccc3c8n(c45)c67)cc2)cc1.c1ccc(N(c2ccccc2)c2ccccc2B2c3cccc4c5cccc6c7cccc2c7n(c34)c56)cc1. The third-order valence-electron chi connectivity index (χ3n) is 30.9. The highest BCUT2D eigenvalue weighted by atomic mass is 15.1. The fourth-order valence-electron chi connectivity index (χ4n) is 25.6. The first-order valence-corrected chi connectivity index (χ1v) is 48.0. The van der Waals surface area contributed by atoms with Crippen molar-refractivity contribution in [3.05, 3.63) is 473 Å². The average molecular weight is 1740 g/mol. The van der Waals surface area contributed by atoms with Gasteiger partial charge in [-0.05, 0) is 151 Å². The Morgan fingerprint density at radius 1 is 0.167 bits per heavy atom. The van der Waals surface area contributed by atoms with Crippen LogP contribution < -0.4 is 75.4 Å². The molecule has 33 rings (SSSR count). The molecule has 4 aliphatic heterocycles. The number of fused-ring (bicyclic) bond motifs is 8. The first-order chi connectivity index (χ1) is 68.5. The molecule has 0 fully saturated rings. The van der Waals surface area contributed by atoms with Crippen molar-refractivity contribution in [1.29, 1.82) is 5.26 Å². The third kappa shape index (κ3) is 10.7. The third-order valence-corrected chi connectivity index (χ3v) is 30.9. The first-order valence-electron chi connectivity index (χ1n) is 48.0. The van der Waals surface area contributed by atoms with Crippen LogP contribution >= 0.6 is 0 Å². The summed E-state index contributed by atoms with van der Waals surface area (Å²) in [5.74, 6) is 0. The van der Waals surface area contributed by atoms with Crippen LogP contribution in [0.3, 0.4) is 0 Å². The molecule has 0 saturated heterocycles. The maximum Gasteiger partial charge on any atom is 0.249 e. The maximum atomic E-state index is 9.19. The summed E-state index contributed by atoms with van der Waals surface area (Å²) in [4.78, 5) is 4.73. The van der Waals surface area contributed by atoms with Crippen molar-refractivity contribution < 1.29 is 0 Å². The summed E-state index contributed by atoms with van der Waals surface area (Å²) in [6.07, 6.45) is 0. The lowest BCUT2D eigenvalue weighted by Crippen LogP contribution is -2.55. The number of hydrogen-bond acceptors (Lipinski definition) is 3. The minimum absolute atomic E-state index is 0.112. The molecule has 0 aliphatic carbocycles. The second-order valence-electron chi connectivity index (χ2n) is 37.7. The number of nitrogens with zero attached hydrogens (tertiary/aromatic N) is 7. The zero-order valence-corrected chi connectivity index (χ0v) is 74.9. The molecule has 138 heavy (non-hydrogen) atoms. The summed E-state index contributed by atoms with van der Waals surface area (Å²) in [5.41, 5.74) is 42.7. The standard InChI is InChI=1S/2C36H23BN2.C30H18BN.C25H13BN2/c1-3-10-25(11-4-1)38(26-12-5-2-6-13-26)27-22-20-24(21-23-27)37-32-18-8-16-30-28-14-7-15-29-31-17-9-19-33(37)36(31)39(34(28)29)35(30)32;1-3-12-24(13-4-1)38(25-14-5-2-6-15-25)33-23-8-7-20-30(33)37-31-21-10-18-28-26-16-9-17-27-29-19-11-22-32(37)36(29)39(34(26)27)35(28)31;1-3-9-19(10-4-1)20-17-24-22-13-7-15-26-29(22)32-28(24)25(18-20)23-14-8-16-27(30(23)32)31(26)21-11-5-2-6-12-21;27-14-15-10-12-16(13-11-15)26-21-8-2-6-19-17-4-1-5-18-20-7-3-9-22(26)25(20)28(23(17)18)24(19)21/h2*1-23H;1-18H;1-13H. The second-order valence-corrected chi connectivity index (χ2v) is 37.7. The molecule has 29 aromatic rings. The molecule has 21 aromatic carbocycles. The molecular formula is C127H77B4N7. The largest absolute Gasteiger partial charge is 0.311 e. The Morgan fingerprint density at radius 3 is 0.710 bits per heavy atom. The number of nitriles is 1. The molecule has 12 heterocycles. The van der Waals surface area contributed by atoms with Crippen LogP contribution in [0.1, 0.15) is 5.56 Å². The van der Waals surface area contributed by atoms with Gasteiger partial charge >= 0.3 is 0 Å². The van der Waals surface area contributed by atoms with Gasteiger partial charge in [0.05, 0.1) is 33.7 Å². The van der Waals surface area contributed by atoms with Crippen LogP contribution in [0.25, 0.3) is 164 Å². The minimum atomic E-state index is 0.112. The molecule has 8 aromatic heterocycles. The highest BCUT2D eigenvalue weighted by Crippen LogP contribution is 2.47. The Hall–Kier alpha value is -17.8. The van der Waals surface area contributed by atoms with E-state index in [1.165, 1.54) is 235 Å². The lowest BCUT2D eigenvalue weighted by Gasteiger charge is -2.31. The second kappa shape index (κ2) is 29.6. The van der Waals surface area contributed by atoms with Crippen molar-refractivity contribution in [3.63, 3.8) is 0 Å². The molecule has 0 atom stereocenters. The van der Waals surface area contributed by atoms with E-state index in [-0.39, 0.29) is 26.9 Å². The lowest BCUT2D eigenvalue weighted by atomic mass is 9.35. The van der Waals surface area contributed by atoms with Gasteiger partial charge in [-0.1, -0.05) is 393 Å². The molecular weight excluding hydrogens is 1670 g/mol. The normalized spacial score (nSPS) is 12.7. The molecule has 0 unspecified atom stereocenters.